The largest absolute Gasteiger partial charge is 0.493 e. The molecule has 0 bridgehead atoms. The SMILES string of the molecule is CC[C@H](C(=O)N1CCCC[C@H]1C(=O)O[C@H](CCc1ccc(OC)c(OC)c1)c1ccccc1OCC(=O)NCCOCCOCCOCC(N)=O)c1cc(OC)c(OC)c(OC)c1. The van der Waals surface area contributed by atoms with E-state index in [2.05, 4.69) is 5.32 Å². The number of primary amides is 1. The third kappa shape index (κ3) is 14.9. The summed E-state index contributed by atoms with van der Waals surface area (Å²) < 4.78 is 56.0. The van der Waals surface area contributed by atoms with Gasteiger partial charge >= 0.3 is 5.97 Å². The van der Waals surface area contributed by atoms with Gasteiger partial charge in [0.2, 0.25) is 17.6 Å². The van der Waals surface area contributed by atoms with Gasteiger partial charge < -0.3 is 63.3 Å². The van der Waals surface area contributed by atoms with E-state index in [9.17, 15) is 19.2 Å². The van der Waals surface area contributed by atoms with Crippen LogP contribution in [0.5, 0.6) is 34.5 Å². The fourth-order valence-corrected chi connectivity index (χ4v) is 7.27. The van der Waals surface area contributed by atoms with Crippen LogP contribution in [-0.2, 0) is 44.5 Å². The lowest BCUT2D eigenvalue weighted by Crippen LogP contribution is -2.50. The number of aryl methyl sites for hydroxylation is 1. The standard InChI is InChI=1S/C46H63N3O14/c1-7-33(32-27-40(56-4)44(58-6)41(28-32)57-5)45(52)49-20-11-10-13-35(49)46(53)63-37(17-15-31-16-18-38(54-2)39(26-31)55-3)34-12-8-9-14-36(34)62-30-43(51)48-19-21-59-22-23-60-24-25-61-29-42(47)50/h8-9,12,14,16,18,26-28,33,35,37H,7,10-11,13,15,17,19-25,29-30H2,1-6H3,(H2,47,50)(H,48,51)/t33-,35-,37+/m0/s1. The third-order valence-corrected chi connectivity index (χ3v) is 10.4. The first-order valence-corrected chi connectivity index (χ1v) is 21.1. The number of piperidine rings is 1. The number of likely N-dealkylation sites (tertiary alicyclic amines) is 1. The molecule has 1 aliphatic rings. The predicted molar refractivity (Wildman–Crippen MR) is 232 cm³/mol. The van der Waals surface area contributed by atoms with Gasteiger partial charge in [0.05, 0.1) is 74.5 Å². The van der Waals surface area contributed by atoms with Crippen LogP contribution in [0.4, 0.5) is 0 Å². The van der Waals surface area contributed by atoms with Gasteiger partial charge in [-0.25, -0.2) is 4.79 Å². The number of para-hydroxylation sites is 1. The Hall–Kier alpha value is -5.78. The van der Waals surface area contributed by atoms with Crippen molar-refractivity contribution in [3.05, 3.63) is 71.3 Å². The number of nitrogens with zero attached hydrogens (tertiary/aromatic N) is 1. The highest BCUT2D eigenvalue weighted by Crippen LogP contribution is 2.42. The normalized spacial score (nSPS) is 14.5. The molecule has 3 atom stereocenters. The Morgan fingerprint density at radius 3 is 2.06 bits per heavy atom. The van der Waals surface area contributed by atoms with Gasteiger partial charge in [-0.1, -0.05) is 31.2 Å². The van der Waals surface area contributed by atoms with Crippen molar-refractivity contribution in [2.75, 3.05) is 94.9 Å². The molecule has 3 aromatic rings. The van der Waals surface area contributed by atoms with E-state index in [0.717, 1.165) is 18.4 Å². The first-order chi connectivity index (χ1) is 30.6. The van der Waals surface area contributed by atoms with E-state index in [-0.39, 0.29) is 44.8 Å². The van der Waals surface area contributed by atoms with Crippen molar-refractivity contribution < 1.29 is 66.5 Å². The van der Waals surface area contributed by atoms with Crippen molar-refractivity contribution in [1.82, 2.24) is 10.2 Å². The Morgan fingerprint density at radius 2 is 1.41 bits per heavy atom. The quantitative estimate of drug-likeness (QED) is 0.0760. The molecule has 0 radical (unpaired) electrons. The molecule has 1 fully saturated rings. The maximum atomic E-state index is 14.5. The summed E-state index contributed by atoms with van der Waals surface area (Å²) in [5.74, 6) is 0.550. The minimum Gasteiger partial charge on any atom is -0.493 e. The number of nitrogens with one attached hydrogen (secondary N) is 1. The second-order valence-electron chi connectivity index (χ2n) is 14.5. The molecular weight excluding hydrogens is 819 g/mol. The number of carbonyl (C=O) groups excluding carboxylic acids is 4. The summed E-state index contributed by atoms with van der Waals surface area (Å²) in [6.45, 7) is 3.49. The van der Waals surface area contributed by atoms with Crippen molar-refractivity contribution in [3.8, 4) is 34.5 Å². The summed E-state index contributed by atoms with van der Waals surface area (Å²) in [5.41, 5.74) is 7.19. The molecule has 0 aromatic heterocycles. The molecule has 3 N–H and O–H groups in total. The zero-order valence-corrected chi connectivity index (χ0v) is 37.3. The van der Waals surface area contributed by atoms with Crippen molar-refractivity contribution in [1.29, 1.82) is 0 Å². The first-order valence-electron chi connectivity index (χ1n) is 21.1. The first kappa shape index (κ1) is 49.9. The van der Waals surface area contributed by atoms with Crippen molar-refractivity contribution in [3.63, 3.8) is 0 Å². The molecule has 4 rings (SSSR count). The van der Waals surface area contributed by atoms with Crippen LogP contribution in [0.1, 0.15) is 67.7 Å². The summed E-state index contributed by atoms with van der Waals surface area (Å²) in [5, 5.41) is 2.77. The van der Waals surface area contributed by atoms with Gasteiger partial charge in [0.25, 0.3) is 5.91 Å². The monoisotopic (exact) mass is 881 g/mol. The molecular formula is C46H63N3O14. The molecule has 0 saturated carbocycles. The molecule has 346 valence electrons. The van der Waals surface area contributed by atoms with Gasteiger partial charge in [-0.2, -0.15) is 0 Å². The Labute approximate surface area is 369 Å². The molecule has 0 spiro atoms. The average molecular weight is 882 g/mol. The zero-order chi connectivity index (χ0) is 45.6. The fraction of sp³-hybridized carbons (Fsp3) is 0.522. The molecule has 1 heterocycles. The second kappa shape index (κ2) is 26.6. The second-order valence-corrected chi connectivity index (χ2v) is 14.5. The highest BCUT2D eigenvalue weighted by Gasteiger charge is 2.38. The highest BCUT2D eigenvalue weighted by molar-refractivity contribution is 5.89. The van der Waals surface area contributed by atoms with Crippen LogP contribution in [0.2, 0.25) is 0 Å². The molecule has 1 saturated heterocycles. The van der Waals surface area contributed by atoms with E-state index in [0.29, 0.717) is 97.7 Å². The van der Waals surface area contributed by atoms with Crippen LogP contribution in [0.25, 0.3) is 0 Å². The van der Waals surface area contributed by atoms with E-state index in [1.165, 1.54) is 21.3 Å². The van der Waals surface area contributed by atoms with Gasteiger partial charge in [-0.15, -0.1) is 0 Å². The van der Waals surface area contributed by atoms with Crippen LogP contribution in [0, 0.1) is 0 Å². The molecule has 3 aromatic carbocycles. The lowest BCUT2D eigenvalue weighted by molar-refractivity contribution is -0.162. The molecule has 0 aliphatic carbocycles. The van der Waals surface area contributed by atoms with Gasteiger partial charge in [0.1, 0.15) is 24.5 Å². The zero-order valence-electron chi connectivity index (χ0n) is 37.3. The number of ether oxygens (including phenoxy) is 10. The summed E-state index contributed by atoms with van der Waals surface area (Å²) in [6.07, 6.45) is 2.38. The van der Waals surface area contributed by atoms with Crippen molar-refractivity contribution >= 4 is 23.7 Å². The predicted octanol–water partition coefficient (Wildman–Crippen LogP) is 4.55. The Balaban J connectivity index is 1.48. The van der Waals surface area contributed by atoms with Gasteiger partial charge in [0, 0.05) is 18.7 Å². The van der Waals surface area contributed by atoms with E-state index in [1.54, 1.807) is 49.5 Å². The number of carbonyl (C=O) groups is 4. The summed E-state index contributed by atoms with van der Waals surface area (Å²) in [7, 11) is 7.70. The Kier molecular flexibility index (Phi) is 21.1. The fourth-order valence-electron chi connectivity index (χ4n) is 7.27. The Morgan fingerprint density at radius 1 is 0.746 bits per heavy atom. The van der Waals surface area contributed by atoms with E-state index in [1.807, 2.05) is 31.2 Å². The topological polar surface area (TPSA) is 202 Å². The molecule has 0 unspecified atom stereocenters. The number of benzene rings is 3. The molecule has 17 nitrogen and oxygen atoms in total. The van der Waals surface area contributed by atoms with E-state index >= 15 is 0 Å². The van der Waals surface area contributed by atoms with Gasteiger partial charge in [-0.05, 0) is 80.0 Å². The van der Waals surface area contributed by atoms with Crippen LogP contribution >= 0.6 is 0 Å². The van der Waals surface area contributed by atoms with E-state index in [4.69, 9.17) is 53.1 Å². The maximum absolute atomic E-state index is 14.5. The third-order valence-electron chi connectivity index (χ3n) is 10.4. The molecule has 63 heavy (non-hydrogen) atoms. The molecule has 17 heteroatoms. The lowest BCUT2D eigenvalue weighted by Gasteiger charge is -2.37. The molecule has 3 amide bonds. The van der Waals surface area contributed by atoms with Crippen molar-refractivity contribution in [2.45, 2.75) is 63.5 Å². The van der Waals surface area contributed by atoms with Gasteiger partial charge in [-0.3, -0.25) is 14.4 Å². The van der Waals surface area contributed by atoms with Crippen LogP contribution < -0.4 is 39.5 Å². The molecule has 1 aliphatic heterocycles. The highest BCUT2D eigenvalue weighted by atomic mass is 16.6. The summed E-state index contributed by atoms with van der Waals surface area (Å²) >= 11 is 0. The van der Waals surface area contributed by atoms with Crippen LogP contribution in [0.15, 0.2) is 54.6 Å². The van der Waals surface area contributed by atoms with Crippen LogP contribution in [-0.4, -0.2) is 130 Å². The number of methoxy groups -OCH3 is 5. The maximum Gasteiger partial charge on any atom is 0.329 e. The summed E-state index contributed by atoms with van der Waals surface area (Å²) in [4.78, 5) is 54.1. The lowest BCUT2D eigenvalue weighted by atomic mass is 9.91. The van der Waals surface area contributed by atoms with Gasteiger partial charge in [0.15, 0.2) is 29.6 Å². The number of hydrogen-bond donors (Lipinski definition) is 2. The number of amides is 3. The van der Waals surface area contributed by atoms with Crippen molar-refractivity contribution in [2.24, 2.45) is 5.73 Å². The minimum absolute atomic E-state index is 0.160. The minimum atomic E-state index is -0.833. The number of nitrogens with two attached hydrogens (primary N) is 1. The number of rotatable bonds is 28. The Bertz CT molecular complexity index is 1900. The number of esters is 1. The number of hydrogen-bond acceptors (Lipinski definition) is 14. The van der Waals surface area contributed by atoms with E-state index < -0.39 is 29.9 Å². The smallest absolute Gasteiger partial charge is 0.329 e. The van der Waals surface area contributed by atoms with Crippen LogP contribution in [0.3, 0.4) is 0 Å². The summed E-state index contributed by atoms with van der Waals surface area (Å²) in [6, 6.07) is 15.4. The average Bonchev–Trinajstić information content (AvgIpc) is 3.30.